The zero-order valence-electron chi connectivity index (χ0n) is 12.1. The van der Waals surface area contributed by atoms with E-state index in [2.05, 4.69) is 89.7 Å². The Labute approximate surface area is 130 Å². The van der Waals surface area contributed by atoms with Crippen molar-refractivity contribution in [2.24, 2.45) is 0 Å². The monoisotopic (exact) mass is 331 g/mol. The molecule has 0 radical (unpaired) electrons. The average Bonchev–Trinajstić information content (AvgIpc) is 2.45. The average molecular weight is 332 g/mol. The van der Waals surface area contributed by atoms with Gasteiger partial charge >= 0.3 is 0 Å². The van der Waals surface area contributed by atoms with Crippen LogP contribution in [0.4, 0.5) is 0 Å². The summed E-state index contributed by atoms with van der Waals surface area (Å²) in [4.78, 5) is 0. The molecule has 2 heteroatoms. The first-order valence-electron chi connectivity index (χ1n) is 7.18. The third-order valence-electron chi connectivity index (χ3n) is 3.44. The summed E-state index contributed by atoms with van der Waals surface area (Å²) in [6, 6.07) is 19.9. The standard InChI is InChI=1S/C18H22BrN/c1-14(2)20-13-17(12-15-6-4-3-5-7-15)16-8-10-18(19)11-9-16/h3-11,14,17,20H,12-13H2,1-2H3. The Kier molecular flexibility index (Phi) is 5.81. The van der Waals surface area contributed by atoms with Gasteiger partial charge in [0, 0.05) is 23.0 Å². The van der Waals surface area contributed by atoms with Crippen molar-refractivity contribution in [3.63, 3.8) is 0 Å². The first-order chi connectivity index (χ1) is 9.65. The van der Waals surface area contributed by atoms with Crippen LogP contribution >= 0.6 is 15.9 Å². The van der Waals surface area contributed by atoms with Gasteiger partial charge in [0.05, 0.1) is 0 Å². The maximum Gasteiger partial charge on any atom is 0.0175 e. The molecule has 0 aliphatic carbocycles. The second kappa shape index (κ2) is 7.61. The van der Waals surface area contributed by atoms with E-state index in [1.165, 1.54) is 11.1 Å². The van der Waals surface area contributed by atoms with Crippen LogP contribution in [0.1, 0.15) is 30.9 Å². The minimum atomic E-state index is 0.507. The molecule has 106 valence electrons. The Morgan fingerprint density at radius 3 is 2.20 bits per heavy atom. The van der Waals surface area contributed by atoms with E-state index in [0.29, 0.717) is 12.0 Å². The van der Waals surface area contributed by atoms with Gasteiger partial charge in [-0.3, -0.25) is 0 Å². The number of rotatable bonds is 6. The van der Waals surface area contributed by atoms with E-state index in [1.54, 1.807) is 0 Å². The molecule has 0 fully saturated rings. The summed E-state index contributed by atoms with van der Waals surface area (Å²) in [5.41, 5.74) is 2.79. The number of nitrogens with one attached hydrogen (secondary N) is 1. The van der Waals surface area contributed by atoms with Crippen LogP contribution in [0.3, 0.4) is 0 Å². The first kappa shape index (κ1) is 15.3. The molecule has 0 spiro atoms. The quantitative estimate of drug-likeness (QED) is 0.803. The van der Waals surface area contributed by atoms with Crippen LogP contribution in [0.2, 0.25) is 0 Å². The Morgan fingerprint density at radius 1 is 0.950 bits per heavy atom. The lowest BCUT2D eigenvalue weighted by Gasteiger charge is -2.20. The summed E-state index contributed by atoms with van der Waals surface area (Å²) >= 11 is 3.51. The van der Waals surface area contributed by atoms with Crippen molar-refractivity contribution in [2.75, 3.05) is 6.54 Å². The van der Waals surface area contributed by atoms with E-state index >= 15 is 0 Å². The van der Waals surface area contributed by atoms with E-state index in [1.807, 2.05) is 0 Å². The highest BCUT2D eigenvalue weighted by molar-refractivity contribution is 9.10. The summed E-state index contributed by atoms with van der Waals surface area (Å²) in [6.45, 7) is 5.40. The highest BCUT2D eigenvalue weighted by atomic mass is 79.9. The zero-order valence-corrected chi connectivity index (χ0v) is 13.7. The summed E-state index contributed by atoms with van der Waals surface area (Å²) in [7, 11) is 0. The Bertz CT molecular complexity index is 505. The van der Waals surface area contributed by atoms with Gasteiger partial charge in [-0.1, -0.05) is 72.2 Å². The summed E-state index contributed by atoms with van der Waals surface area (Å²) < 4.78 is 1.14. The van der Waals surface area contributed by atoms with Crippen LogP contribution < -0.4 is 5.32 Å². The van der Waals surface area contributed by atoms with E-state index in [9.17, 15) is 0 Å². The van der Waals surface area contributed by atoms with E-state index < -0.39 is 0 Å². The normalized spacial score (nSPS) is 12.6. The third kappa shape index (κ3) is 4.77. The molecule has 0 aliphatic rings. The fraction of sp³-hybridized carbons (Fsp3) is 0.333. The van der Waals surface area contributed by atoms with E-state index in [0.717, 1.165) is 17.4 Å². The van der Waals surface area contributed by atoms with Crippen molar-refractivity contribution >= 4 is 15.9 Å². The van der Waals surface area contributed by atoms with Crippen molar-refractivity contribution < 1.29 is 0 Å². The van der Waals surface area contributed by atoms with Gasteiger partial charge in [-0.25, -0.2) is 0 Å². The molecular weight excluding hydrogens is 310 g/mol. The number of benzene rings is 2. The Balaban J connectivity index is 2.13. The van der Waals surface area contributed by atoms with Crippen LogP contribution in [0.5, 0.6) is 0 Å². The van der Waals surface area contributed by atoms with Crippen LogP contribution in [-0.4, -0.2) is 12.6 Å². The zero-order chi connectivity index (χ0) is 14.4. The molecule has 2 aromatic carbocycles. The van der Waals surface area contributed by atoms with Gasteiger partial charge in [-0.2, -0.15) is 0 Å². The van der Waals surface area contributed by atoms with Crippen LogP contribution in [0, 0.1) is 0 Å². The molecule has 1 atom stereocenters. The van der Waals surface area contributed by atoms with E-state index in [4.69, 9.17) is 0 Å². The largest absolute Gasteiger partial charge is 0.314 e. The molecule has 0 aliphatic heterocycles. The van der Waals surface area contributed by atoms with Gasteiger partial charge in [-0.15, -0.1) is 0 Å². The number of hydrogen-bond acceptors (Lipinski definition) is 1. The van der Waals surface area contributed by atoms with E-state index in [-0.39, 0.29) is 0 Å². The molecule has 0 saturated carbocycles. The lowest BCUT2D eigenvalue weighted by molar-refractivity contribution is 0.527. The highest BCUT2D eigenvalue weighted by Crippen LogP contribution is 2.22. The molecule has 0 bridgehead atoms. The molecule has 2 aromatic rings. The second-order valence-electron chi connectivity index (χ2n) is 5.50. The Hall–Kier alpha value is -1.12. The summed E-state index contributed by atoms with van der Waals surface area (Å²) in [5.74, 6) is 0.507. The SMILES string of the molecule is CC(C)NCC(Cc1ccccc1)c1ccc(Br)cc1. The molecule has 0 amide bonds. The smallest absolute Gasteiger partial charge is 0.0175 e. The topological polar surface area (TPSA) is 12.0 Å². The second-order valence-corrected chi connectivity index (χ2v) is 6.42. The minimum absolute atomic E-state index is 0.507. The van der Waals surface area contributed by atoms with Crippen molar-refractivity contribution in [1.82, 2.24) is 5.32 Å². The summed E-state index contributed by atoms with van der Waals surface area (Å²) in [5, 5.41) is 3.57. The molecule has 20 heavy (non-hydrogen) atoms. The molecule has 0 heterocycles. The molecule has 2 rings (SSSR count). The fourth-order valence-electron chi connectivity index (χ4n) is 2.32. The fourth-order valence-corrected chi connectivity index (χ4v) is 2.58. The van der Waals surface area contributed by atoms with Crippen molar-refractivity contribution in [3.05, 3.63) is 70.2 Å². The molecule has 1 nitrogen and oxygen atoms in total. The maximum atomic E-state index is 3.57. The van der Waals surface area contributed by atoms with Crippen LogP contribution in [0.15, 0.2) is 59.1 Å². The van der Waals surface area contributed by atoms with Gasteiger partial charge in [-0.05, 0) is 29.7 Å². The van der Waals surface area contributed by atoms with Gasteiger partial charge in [0.1, 0.15) is 0 Å². The highest BCUT2D eigenvalue weighted by Gasteiger charge is 2.12. The minimum Gasteiger partial charge on any atom is -0.314 e. The predicted octanol–water partition coefficient (Wildman–Crippen LogP) is 4.77. The van der Waals surface area contributed by atoms with Crippen LogP contribution in [-0.2, 0) is 6.42 Å². The van der Waals surface area contributed by atoms with Crippen molar-refractivity contribution in [2.45, 2.75) is 32.2 Å². The van der Waals surface area contributed by atoms with Gasteiger partial charge in [0.15, 0.2) is 0 Å². The molecule has 0 aromatic heterocycles. The van der Waals surface area contributed by atoms with Gasteiger partial charge in [0.2, 0.25) is 0 Å². The van der Waals surface area contributed by atoms with Crippen molar-refractivity contribution in [1.29, 1.82) is 0 Å². The predicted molar refractivity (Wildman–Crippen MR) is 90.2 cm³/mol. The first-order valence-corrected chi connectivity index (χ1v) is 7.97. The number of hydrogen-bond donors (Lipinski definition) is 1. The molecular formula is C18H22BrN. The third-order valence-corrected chi connectivity index (χ3v) is 3.97. The lowest BCUT2D eigenvalue weighted by Crippen LogP contribution is -2.28. The number of halogens is 1. The maximum absolute atomic E-state index is 3.57. The summed E-state index contributed by atoms with van der Waals surface area (Å²) in [6.07, 6.45) is 1.07. The molecule has 1 N–H and O–H groups in total. The molecule has 1 unspecified atom stereocenters. The molecule has 0 saturated heterocycles. The van der Waals surface area contributed by atoms with Crippen molar-refractivity contribution in [3.8, 4) is 0 Å². The lowest BCUT2D eigenvalue weighted by atomic mass is 9.92. The Morgan fingerprint density at radius 2 is 1.60 bits per heavy atom. The van der Waals surface area contributed by atoms with Crippen LogP contribution in [0.25, 0.3) is 0 Å². The van der Waals surface area contributed by atoms with Gasteiger partial charge in [0.25, 0.3) is 0 Å². The van der Waals surface area contributed by atoms with Gasteiger partial charge < -0.3 is 5.32 Å².